The topological polar surface area (TPSA) is 98.7 Å². The first-order valence-electron chi connectivity index (χ1n) is 5.25. The number of hydrogen-bond donors (Lipinski definition) is 1. The molecular formula is C9H12N6O2S. The predicted molar refractivity (Wildman–Crippen MR) is 63.1 cm³/mol. The first-order chi connectivity index (χ1) is 8.66. The van der Waals surface area contributed by atoms with Crippen LogP contribution in [0.5, 0.6) is 0 Å². The van der Waals surface area contributed by atoms with Gasteiger partial charge in [0.05, 0.1) is 0 Å². The quantitative estimate of drug-likeness (QED) is 0.739. The fourth-order valence-corrected chi connectivity index (χ4v) is 2.22. The fraction of sp³-hybridized carbons (Fsp3) is 0.444. The number of carboxylic acid groups (broad SMARTS) is 1. The van der Waals surface area contributed by atoms with Crippen molar-refractivity contribution in [3.05, 3.63) is 18.2 Å². The number of rotatable bonds is 6. The number of hydrogen-bond acceptors (Lipinski definition) is 6. The van der Waals surface area contributed by atoms with Crippen molar-refractivity contribution in [3.8, 4) is 0 Å². The summed E-state index contributed by atoms with van der Waals surface area (Å²) >= 11 is 1.42. The number of nitrogens with zero attached hydrogens (tertiary/aromatic N) is 6. The van der Waals surface area contributed by atoms with E-state index >= 15 is 0 Å². The molecule has 0 spiro atoms. The molecule has 0 bridgehead atoms. The minimum Gasteiger partial charge on any atom is -0.480 e. The van der Waals surface area contributed by atoms with Crippen molar-refractivity contribution in [2.24, 2.45) is 0 Å². The molecule has 0 aromatic carbocycles. The lowest BCUT2D eigenvalue weighted by atomic mass is 10.6. The molecule has 2 aromatic rings. The van der Waals surface area contributed by atoms with Crippen molar-refractivity contribution >= 4 is 17.7 Å². The van der Waals surface area contributed by atoms with E-state index in [0.717, 1.165) is 18.1 Å². The molecule has 0 aliphatic carbocycles. The Bertz CT molecular complexity index is 537. The van der Waals surface area contributed by atoms with E-state index in [1.165, 1.54) is 16.4 Å². The highest BCUT2D eigenvalue weighted by Gasteiger charge is 2.09. The van der Waals surface area contributed by atoms with Gasteiger partial charge in [0.15, 0.2) is 0 Å². The maximum Gasteiger partial charge on any atom is 0.325 e. The molecule has 0 atom stereocenters. The van der Waals surface area contributed by atoms with Crippen LogP contribution in [0.15, 0.2) is 17.6 Å². The molecular weight excluding hydrogens is 256 g/mol. The Kier molecular flexibility index (Phi) is 3.92. The Labute approximate surface area is 107 Å². The number of aryl methyl sites for hydroxylation is 2. The van der Waals surface area contributed by atoms with Gasteiger partial charge in [-0.3, -0.25) is 4.79 Å². The first-order valence-corrected chi connectivity index (χ1v) is 6.24. The summed E-state index contributed by atoms with van der Waals surface area (Å²) < 4.78 is 3.28. The molecule has 0 fully saturated rings. The van der Waals surface area contributed by atoms with E-state index in [-0.39, 0.29) is 6.54 Å². The SMILES string of the molecule is Cc1nccn1CCSc1nnnn1CC(=O)O. The van der Waals surface area contributed by atoms with Gasteiger partial charge >= 0.3 is 5.97 Å². The number of aromatic nitrogens is 6. The van der Waals surface area contributed by atoms with Crippen molar-refractivity contribution in [1.29, 1.82) is 0 Å². The zero-order valence-corrected chi connectivity index (χ0v) is 10.5. The number of imidazole rings is 1. The van der Waals surface area contributed by atoms with Crippen molar-refractivity contribution in [1.82, 2.24) is 29.8 Å². The molecule has 0 saturated carbocycles. The van der Waals surface area contributed by atoms with Gasteiger partial charge in [0.25, 0.3) is 0 Å². The van der Waals surface area contributed by atoms with E-state index < -0.39 is 5.97 Å². The van der Waals surface area contributed by atoms with Gasteiger partial charge < -0.3 is 9.67 Å². The van der Waals surface area contributed by atoms with Crippen LogP contribution < -0.4 is 0 Å². The summed E-state index contributed by atoms with van der Waals surface area (Å²) in [6.07, 6.45) is 3.64. The van der Waals surface area contributed by atoms with Gasteiger partial charge in [-0.2, -0.15) is 0 Å². The Morgan fingerprint density at radius 3 is 3.06 bits per heavy atom. The van der Waals surface area contributed by atoms with Gasteiger partial charge in [-0.25, -0.2) is 9.67 Å². The molecule has 2 heterocycles. The highest BCUT2D eigenvalue weighted by molar-refractivity contribution is 7.99. The monoisotopic (exact) mass is 268 g/mol. The van der Waals surface area contributed by atoms with E-state index in [1.807, 2.05) is 17.7 Å². The van der Waals surface area contributed by atoms with Crippen LogP contribution in [-0.2, 0) is 17.9 Å². The highest BCUT2D eigenvalue weighted by Crippen LogP contribution is 2.14. The summed E-state index contributed by atoms with van der Waals surface area (Å²) in [6.45, 7) is 2.48. The number of carboxylic acids is 1. The molecule has 0 saturated heterocycles. The molecule has 1 N–H and O–H groups in total. The number of thioether (sulfide) groups is 1. The van der Waals surface area contributed by atoms with Crippen LogP contribution in [0.25, 0.3) is 0 Å². The van der Waals surface area contributed by atoms with Crippen LogP contribution in [0, 0.1) is 6.92 Å². The molecule has 0 aliphatic rings. The van der Waals surface area contributed by atoms with Crippen molar-refractivity contribution < 1.29 is 9.90 Å². The normalized spacial score (nSPS) is 10.7. The molecule has 18 heavy (non-hydrogen) atoms. The standard InChI is InChI=1S/C9H12N6O2S/c1-7-10-2-3-14(7)4-5-18-9-11-12-13-15(9)6-8(16)17/h2-3H,4-6H2,1H3,(H,16,17). The molecule has 2 rings (SSSR count). The summed E-state index contributed by atoms with van der Waals surface area (Å²) in [7, 11) is 0. The Hall–Kier alpha value is -1.90. The summed E-state index contributed by atoms with van der Waals surface area (Å²) in [4.78, 5) is 14.7. The third-order valence-corrected chi connectivity index (χ3v) is 3.21. The lowest BCUT2D eigenvalue weighted by Gasteiger charge is -2.04. The minimum absolute atomic E-state index is 0.223. The maximum absolute atomic E-state index is 10.6. The zero-order valence-electron chi connectivity index (χ0n) is 9.72. The molecule has 9 heteroatoms. The Balaban J connectivity index is 1.89. The number of aliphatic carboxylic acids is 1. The second kappa shape index (κ2) is 5.63. The van der Waals surface area contributed by atoms with Crippen LogP contribution >= 0.6 is 11.8 Å². The van der Waals surface area contributed by atoms with Gasteiger partial charge in [0.2, 0.25) is 5.16 Å². The summed E-state index contributed by atoms with van der Waals surface area (Å²) in [6, 6.07) is 0. The highest BCUT2D eigenvalue weighted by atomic mass is 32.2. The van der Waals surface area contributed by atoms with Crippen LogP contribution in [0.3, 0.4) is 0 Å². The van der Waals surface area contributed by atoms with Gasteiger partial charge in [-0.15, -0.1) is 5.10 Å². The van der Waals surface area contributed by atoms with Crippen LogP contribution in [0.2, 0.25) is 0 Å². The molecule has 0 unspecified atom stereocenters. The second-order valence-corrected chi connectivity index (χ2v) is 4.59. The third kappa shape index (κ3) is 3.06. The maximum atomic E-state index is 10.6. The number of tetrazole rings is 1. The molecule has 0 amide bonds. The third-order valence-electron chi connectivity index (χ3n) is 2.27. The summed E-state index contributed by atoms with van der Waals surface area (Å²) in [5.41, 5.74) is 0. The van der Waals surface area contributed by atoms with Crippen LogP contribution in [-0.4, -0.2) is 46.6 Å². The van der Waals surface area contributed by atoms with Crippen molar-refractivity contribution in [2.75, 3.05) is 5.75 Å². The van der Waals surface area contributed by atoms with Gasteiger partial charge in [0, 0.05) is 24.7 Å². The van der Waals surface area contributed by atoms with Crippen molar-refractivity contribution in [2.45, 2.75) is 25.2 Å². The van der Waals surface area contributed by atoms with Crippen LogP contribution in [0.1, 0.15) is 5.82 Å². The number of carbonyl (C=O) groups is 1. The summed E-state index contributed by atoms with van der Waals surface area (Å²) in [5.74, 6) is 0.729. The zero-order chi connectivity index (χ0) is 13.0. The van der Waals surface area contributed by atoms with Gasteiger partial charge in [-0.05, 0) is 17.4 Å². The smallest absolute Gasteiger partial charge is 0.325 e. The first kappa shape index (κ1) is 12.6. The molecule has 2 aromatic heterocycles. The van der Waals surface area contributed by atoms with Gasteiger partial charge in [-0.1, -0.05) is 11.8 Å². The Morgan fingerprint density at radius 1 is 1.56 bits per heavy atom. The average Bonchev–Trinajstić information content (AvgIpc) is 2.89. The molecule has 8 nitrogen and oxygen atoms in total. The second-order valence-electron chi connectivity index (χ2n) is 3.53. The van der Waals surface area contributed by atoms with E-state index in [0.29, 0.717) is 5.16 Å². The van der Waals surface area contributed by atoms with E-state index in [1.54, 1.807) is 6.20 Å². The van der Waals surface area contributed by atoms with E-state index in [4.69, 9.17) is 5.11 Å². The van der Waals surface area contributed by atoms with E-state index in [2.05, 4.69) is 20.5 Å². The Morgan fingerprint density at radius 2 is 2.39 bits per heavy atom. The van der Waals surface area contributed by atoms with Crippen LogP contribution in [0.4, 0.5) is 0 Å². The average molecular weight is 268 g/mol. The molecule has 96 valence electrons. The molecule has 0 radical (unpaired) electrons. The van der Waals surface area contributed by atoms with E-state index in [9.17, 15) is 4.79 Å². The molecule has 0 aliphatic heterocycles. The van der Waals surface area contributed by atoms with Crippen molar-refractivity contribution in [3.63, 3.8) is 0 Å². The lowest BCUT2D eigenvalue weighted by molar-refractivity contribution is -0.138. The minimum atomic E-state index is -0.963. The summed E-state index contributed by atoms with van der Waals surface area (Å²) in [5, 5.41) is 20.1. The van der Waals surface area contributed by atoms with Gasteiger partial charge in [0.1, 0.15) is 12.4 Å². The predicted octanol–water partition coefficient (Wildman–Crippen LogP) is 0.0549. The largest absolute Gasteiger partial charge is 0.480 e. The lowest BCUT2D eigenvalue weighted by Crippen LogP contribution is -2.12. The fourth-order valence-electron chi connectivity index (χ4n) is 1.40.